The van der Waals surface area contributed by atoms with Gasteiger partial charge in [-0.25, -0.2) is 0 Å². The molecule has 1 N–H and O–H groups in total. The second-order valence-electron chi connectivity index (χ2n) is 6.25. The summed E-state index contributed by atoms with van der Waals surface area (Å²) in [6.45, 7) is 1.90. The fourth-order valence-electron chi connectivity index (χ4n) is 2.82. The van der Waals surface area contributed by atoms with Gasteiger partial charge in [0.25, 0.3) is 0 Å². The van der Waals surface area contributed by atoms with Gasteiger partial charge in [0, 0.05) is 25.3 Å². The molecule has 0 heterocycles. The van der Waals surface area contributed by atoms with Crippen LogP contribution in [-0.2, 0) is 4.79 Å². The van der Waals surface area contributed by atoms with Crippen LogP contribution in [0.3, 0.4) is 0 Å². The zero-order valence-electron chi connectivity index (χ0n) is 15.4. The lowest BCUT2D eigenvalue weighted by Crippen LogP contribution is -2.08. The van der Waals surface area contributed by atoms with Gasteiger partial charge in [-0.2, -0.15) is 0 Å². The number of methoxy groups -OCH3 is 2. The average Bonchev–Trinajstić information content (AvgIpc) is 2.59. The predicted octanol–water partition coefficient (Wildman–Crippen LogP) is 4.02. The summed E-state index contributed by atoms with van der Waals surface area (Å²) in [5.41, 5.74) is 3.86. The Kier molecular flexibility index (Phi) is 5.91. The van der Waals surface area contributed by atoms with E-state index in [4.69, 9.17) is 14.6 Å². The fraction of sp³-hybridized carbons (Fsp3) is 0.350. The van der Waals surface area contributed by atoms with E-state index < -0.39 is 5.97 Å². The van der Waals surface area contributed by atoms with E-state index in [-0.39, 0.29) is 12.3 Å². The Labute approximate surface area is 148 Å². The molecule has 0 aliphatic carbocycles. The first kappa shape index (κ1) is 18.6. The van der Waals surface area contributed by atoms with Gasteiger partial charge < -0.3 is 19.5 Å². The van der Waals surface area contributed by atoms with Crippen molar-refractivity contribution < 1.29 is 19.4 Å². The number of carboxylic acid groups (broad SMARTS) is 1. The molecule has 0 amide bonds. The van der Waals surface area contributed by atoms with Gasteiger partial charge in [0.2, 0.25) is 0 Å². The average molecular weight is 343 g/mol. The Hall–Kier alpha value is -2.69. The van der Waals surface area contributed by atoms with Gasteiger partial charge in [-0.05, 0) is 41.3 Å². The summed E-state index contributed by atoms with van der Waals surface area (Å²) in [4.78, 5) is 13.1. The number of anilines is 1. The second kappa shape index (κ2) is 7.92. The molecule has 2 aromatic rings. The lowest BCUT2D eigenvalue weighted by molar-refractivity contribution is -0.137. The SMILES string of the molecule is COc1cc(C(C)CC(=O)O)cc(-c2cccc(N(C)C)c2)c1OC. The maximum absolute atomic E-state index is 11.1. The van der Waals surface area contributed by atoms with E-state index in [1.54, 1.807) is 14.2 Å². The molecule has 0 bridgehead atoms. The summed E-state index contributed by atoms with van der Waals surface area (Å²) in [7, 11) is 7.17. The standard InChI is InChI=1S/C20H25NO4/c1-13(9-19(22)23)15-11-17(20(25-5)18(12-15)24-4)14-7-6-8-16(10-14)21(2)3/h6-8,10-13H,9H2,1-5H3,(H,22,23). The Bertz CT molecular complexity index is 755. The molecule has 0 saturated carbocycles. The van der Waals surface area contributed by atoms with Gasteiger partial charge in [-0.15, -0.1) is 0 Å². The van der Waals surface area contributed by atoms with Crippen LogP contribution in [0.25, 0.3) is 11.1 Å². The minimum absolute atomic E-state index is 0.0622. The van der Waals surface area contributed by atoms with Crippen molar-refractivity contribution in [3.8, 4) is 22.6 Å². The molecular formula is C20H25NO4. The lowest BCUT2D eigenvalue weighted by Gasteiger charge is -2.19. The monoisotopic (exact) mass is 343 g/mol. The van der Waals surface area contributed by atoms with Gasteiger partial charge in [-0.1, -0.05) is 19.1 Å². The maximum atomic E-state index is 11.1. The van der Waals surface area contributed by atoms with Crippen molar-refractivity contribution in [1.29, 1.82) is 0 Å². The largest absolute Gasteiger partial charge is 0.493 e. The molecule has 0 spiro atoms. The minimum atomic E-state index is -0.821. The molecule has 134 valence electrons. The summed E-state index contributed by atoms with van der Waals surface area (Å²) in [6.07, 6.45) is 0.0622. The van der Waals surface area contributed by atoms with Crippen LogP contribution in [0.15, 0.2) is 36.4 Å². The number of benzene rings is 2. The third kappa shape index (κ3) is 4.24. The molecule has 2 rings (SSSR count). The highest BCUT2D eigenvalue weighted by molar-refractivity contribution is 5.78. The van der Waals surface area contributed by atoms with Gasteiger partial charge >= 0.3 is 5.97 Å². The summed E-state index contributed by atoms with van der Waals surface area (Å²) in [5, 5.41) is 9.09. The molecular weight excluding hydrogens is 318 g/mol. The van der Waals surface area contributed by atoms with Crippen molar-refractivity contribution in [1.82, 2.24) is 0 Å². The van der Waals surface area contributed by atoms with Crippen molar-refractivity contribution >= 4 is 11.7 Å². The van der Waals surface area contributed by atoms with Gasteiger partial charge in [0.1, 0.15) is 0 Å². The Morgan fingerprint density at radius 1 is 1.16 bits per heavy atom. The Balaban J connectivity index is 2.62. The van der Waals surface area contributed by atoms with Crippen molar-refractivity contribution in [2.45, 2.75) is 19.3 Å². The van der Waals surface area contributed by atoms with Crippen LogP contribution in [0.5, 0.6) is 11.5 Å². The molecule has 0 fully saturated rings. The van der Waals surface area contributed by atoms with Crippen LogP contribution in [-0.4, -0.2) is 39.4 Å². The van der Waals surface area contributed by atoms with Crippen LogP contribution in [0.1, 0.15) is 24.8 Å². The summed E-state index contributed by atoms with van der Waals surface area (Å²) in [5.74, 6) is 0.290. The highest BCUT2D eigenvalue weighted by Gasteiger charge is 2.18. The van der Waals surface area contributed by atoms with Gasteiger partial charge in [0.05, 0.1) is 20.6 Å². The molecule has 2 aromatic carbocycles. The van der Waals surface area contributed by atoms with Gasteiger partial charge in [0.15, 0.2) is 11.5 Å². The molecule has 0 aliphatic rings. The molecule has 0 saturated heterocycles. The van der Waals surface area contributed by atoms with E-state index in [0.717, 1.165) is 22.4 Å². The van der Waals surface area contributed by atoms with E-state index in [0.29, 0.717) is 11.5 Å². The van der Waals surface area contributed by atoms with E-state index in [2.05, 4.69) is 6.07 Å². The highest BCUT2D eigenvalue weighted by Crippen LogP contribution is 2.42. The number of hydrogen-bond donors (Lipinski definition) is 1. The quantitative estimate of drug-likeness (QED) is 0.823. The number of nitrogens with zero attached hydrogens (tertiary/aromatic N) is 1. The van der Waals surface area contributed by atoms with Crippen LogP contribution < -0.4 is 14.4 Å². The summed E-state index contributed by atoms with van der Waals surface area (Å²) < 4.78 is 11.1. The van der Waals surface area contributed by atoms with Crippen molar-refractivity contribution in [2.75, 3.05) is 33.2 Å². The topological polar surface area (TPSA) is 59.0 Å². The van der Waals surface area contributed by atoms with Crippen molar-refractivity contribution in [2.24, 2.45) is 0 Å². The third-order valence-electron chi connectivity index (χ3n) is 4.22. The smallest absolute Gasteiger partial charge is 0.303 e. The zero-order chi connectivity index (χ0) is 18.6. The van der Waals surface area contributed by atoms with Crippen LogP contribution in [0, 0.1) is 0 Å². The van der Waals surface area contributed by atoms with Crippen LogP contribution >= 0.6 is 0 Å². The van der Waals surface area contributed by atoms with Crippen molar-refractivity contribution in [3.63, 3.8) is 0 Å². The first-order valence-electron chi connectivity index (χ1n) is 8.12. The number of rotatable bonds is 7. The normalized spacial score (nSPS) is 11.7. The first-order chi connectivity index (χ1) is 11.9. The van der Waals surface area contributed by atoms with Gasteiger partial charge in [-0.3, -0.25) is 4.79 Å². The third-order valence-corrected chi connectivity index (χ3v) is 4.22. The van der Waals surface area contributed by atoms with E-state index in [9.17, 15) is 4.79 Å². The molecule has 25 heavy (non-hydrogen) atoms. The zero-order valence-corrected chi connectivity index (χ0v) is 15.4. The molecule has 0 radical (unpaired) electrons. The Morgan fingerprint density at radius 3 is 2.44 bits per heavy atom. The molecule has 0 aliphatic heterocycles. The summed E-state index contributed by atoms with van der Waals surface area (Å²) in [6, 6.07) is 11.9. The molecule has 0 aromatic heterocycles. The lowest BCUT2D eigenvalue weighted by atomic mass is 9.92. The number of carboxylic acids is 1. The number of carbonyl (C=O) groups is 1. The predicted molar refractivity (Wildman–Crippen MR) is 100.0 cm³/mol. The second-order valence-corrected chi connectivity index (χ2v) is 6.25. The molecule has 1 unspecified atom stereocenters. The number of aliphatic carboxylic acids is 1. The number of hydrogen-bond acceptors (Lipinski definition) is 4. The van der Waals surface area contributed by atoms with Crippen LogP contribution in [0.4, 0.5) is 5.69 Å². The van der Waals surface area contributed by atoms with Crippen LogP contribution in [0.2, 0.25) is 0 Å². The fourth-order valence-corrected chi connectivity index (χ4v) is 2.82. The molecule has 5 nitrogen and oxygen atoms in total. The Morgan fingerprint density at radius 2 is 1.88 bits per heavy atom. The van der Waals surface area contributed by atoms with E-state index >= 15 is 0 Å². The highest BCUT2D eigenvalue weighted by atomic mass is 16.5. The summed E-state index contributed by atoms with van der Waals surface area (Å²) >= 11 is 0. The van der Waals surface area contributed by atoms with E-state index in [1.807, 2.05) is 56.3 Å². The minimum Gasteiger partial charge on any atom is -0.493 e. The first-order valence-corrected chi connectivity index (χ1v) is 8.12. The van der Waals surface area contributed by atoms with Crippen molar-refractivity contribution in [3.05, 3.63) is 42.0 Å². The molecule has 5 heteroatoms. The van der Waals surface area contributed by atoms with E-state index in [1.165, 1.54) is 0 Å². The molecule has 1 atom stereocenters. The maximum Gasteiger partial charge on any atom is 0.303 e. The number of ether oxygens (including phenoxy) is 2.